The summed E-state index contributed by atoms with van der Waals surface area (Å²) >= 11 is 0. The van der Waals surface area contributed by atoms with Gasteiger partial charge in [-0.2, -0.15) is 0 Å². The molecule has 1 amide bonds. The van der Waals surface area contributed by atoms with Gasteiger partial charge < -0.3 is 19.9 Å². The van der Waals surface area contributed by atoms with E-state index in [1.54, 1.807) is 37.3 Å². The van der Waals surface area contributed by atoms with Crippen LogP contribution in [0.2, 0.25) is 0 Å². The normalized spacial score (nSPS) is 33.2. The number of benzene rings is 1. The highest BCUT2D eigenvalue weighted by molar-refractivity contribution is 5.91. The van der Waals surface area contributed by atoms with Crippen LogP contribution in [0, 0.1) is 28.6 Å². The molecule has 1 aromatic rings. The maximum absolute atomic E-state index is 13.0. The van der Waals surface area contributed by atoms with Crippen LogP contribution in [0.5, 0.6) is 0 Å². The van der Waals surface area contributed by atoms with E-state index >= 15 is 0 Å². The van der Waals surface area contributed by atoms with Crippen LogP contribution in [0.25, 0.3) is 0 Å². The van der Waals surface area contributed by atoms with Crippen LogP contribution in [-0.4, -0.2) is 47.5 Å². The minimum absolute atomic E-state index is 0.0874. The van der Waals surface area contributed by atoms with Crippen LogP contribution >= 0.6 is 0 Å². The third-order valence-electron chi connectivity index (χ3n) is 11.0. The topological polar surface area (TPSA) is 119 Å². The molecule has 4 aliphatic rings. The van der Waals surface area contributed by atoms with Crippen molar-refractivity contribution in [2.45, 2.75) is 103 Å². The van der Waals surface area contributed by atoms with Gasteiger partial charge in [0.25, 0.3) is 0 Å². The lowest BCUT2D eigenvalue weighted by Gasteiger charge is -2.57. The van der Waals surface area contributed by atoms with Crippen LogP contribution in [0.15, 0.2) is 42.0 Å². The van der Waals surface area contributed by atoms with Gasteiger partial charge in [-0.3, -0.25) is 14.4 Å². The average Bonchev–Trinajstić information content (AvgIpc) is 3.31. The molecular formula is C34H45NO7. The van der Waals surface area contributed by atoms with Crippen molar-refractivity contribution in [3.8, 4) is 0 Å². The largest absolute Gasteiger partial charge is 0.464 e. The maximum Gasteiger partial charge on any atom is 0.331 e. The van der Waals surface area contributed by atoms with E-state index in [2.05, 4.69) is 19.2 Å². The summed E-state index contributed by atoms with van der Waals surface area (Å²) in [5, 5.41) is 13.3. The van der Waals surface area contributed by atoms with E-state index in [1.807, 2.05) is 6.08 Å². The first-order chi connectivity index (χ1) is 20.1. The van der Waals surface area contributed by atoms with E-state index in [-0.39, 0.29) is 42.2 Å². The Hall–Kier alpha value is -3.00. The number of rotatable bonds is 9. The van der Waals surface area contributed by atoms with Crippen LogP contribution in [0.4, 0.5) is 0 Å². The molecule has 8 heteroatoms. The summed E-state index contributed by atoms with van der Waals surface area (Å²) in [6.07, 6.45) is 7.81. The number of hydrogen-bond acceptors (Lipinski definition) is 7. The van der Waals surface area contributed by atoms with Crippen molar-refractivity contribution in [3.63, 3.8) is 0 Å². The number of carbonyl (C=O) groups excluding carboxylic acids is 4. The fourth-order valence-corrected chi connectivity index (χ4v) is 8.73. The number of nitrogens with one attached hydrogen (secondary N) is 1. The zero-order chi connectivity index (χ0) is 30.1. The molecule has 5 rings (SSSR count). The predicted octanol–water partition coefficient (Wildman–Crippen LogP) is 4.99. The molecule has 0 unspecified atom stereocenters. The highest BCUT2D eigenvalue weighted by Crippen LogP contribution is 2.65. The van der Waals surface area contributed by atoms with Gasteiger partial charge in [-0.05, 0) is 86.7 Å². The van der Waals surface area contributed by atoms with Crippen molar-refractivity contribution in [2.75, 3.05) is 6.61 Å². The zero-order valence-corrected chi connectivity index (χ0v) is 25.1. The van der Waals surface area contributed by atoms with Gasteiger partial charge in [0.2, 0.25) is 5.91 Å². The fraction of sp³-hybridized carbons (Fsp3) is 0.647. The smallest absolute Gasteiger partial charge is 0.331 e. The van der Waals surface area contributed by atoms with Crippen LogP contribution < -0.4 is 5.32 Å². The van der Waals surface area contributed by atoms with Crippen molar-refractivity contribution in [1.82, 2.24) is 5.32 Å². The lowest BCUT2D eigenvalue weighted by atomic mass is 9.47. The van der Waals surface area contributed by atoms with Crippen molar-refractivity contribution >= 4 is 23.6 Å². The number of ketones is 1. The summed E-state index contributed by atoms with van der Waals surface area (Å²) in [5.74, 6) is 0.225. The summed E-state index contributed by atoms with van der Waals surface area (Å²) in [6.45, 7) is 6.41. The lowest BCUT2D eigenvalue weighted by molar-refractivity contribution is -0.160. The van der Waals surface area contributed by atoms with Gasteiger partial charge in [-0.25, -0.2) is 4.79 Å². The second-order valence-corrected chi connectivity index (χ2v) is 13.2. The monoisotopic (exact) mass is 579 g/mol. The van der Waals surface area contributed by atoms with Crippen molar-refractivity contribution in [3.05, 3.63) is 47.5 Å². The van der Waals surface area contributed by atoms with Crippen LogP contribution in [-0.2, 0) is 28.7 Å². The number of esters is 2. The number of hydrogen-bond donors (Lipinski definition) is 2. The molecule has 42 heavy (non-hydrogen) atoms. The Bertz CT molecular complexity index is 1230. The Morgan fingerprint density at radius 1 is 1.00 bits per heavy atom. The molecule has 0 radical (unpaired) electrons. The Balaban J connectivity index is 1.17. The van der Waals surface area contributed by atoms with Gasteiger partial charge >= 0.3 is 11.9 Å². The molecule has 3 fully saturated rings. The van der Waals surface area contributed by atoms with E-state index in [1.165, 1.54) is 5.57 Å². The van der Waals surface area contributed by atoms with E-state index < -0.39 is 30.0 Å². The number of fused-ring (bicyclic) bond motifs is 5. The van der Waals surface area contributed by atoms with Gasteiger partial charge in [0.05, 0.1) is 13.0 Å². The van der Waals surface area contributed by atoms with Gasteiger partial charge in [0.1, 0.15) is 12.2 Å². The summed E-state index contributed by atoms with van der Waals surface area (Å²) in [7, 11) is 0. The second-order valence-electron chi connectivity index (χ2n) is 13.2. The highest BCUT2D eigenvalue weighted by Gasteiger charge is 2.60. The van der Waals surface area contributed by atoms with Crippen molar-refractivity contribution in [2.24, 2.45) is 28.6 Å². The number of ether oxygens (including phenoxy) is 2. The molecule has 0 saturated heterocycles. The predicted molar refractivity (Wildman–Crippen MR) is 156 cm³/mol. The first-order valence-electron chi connectivity index (χ1n) is 15.7. The van der Waals surface area contributed by atoms with Gasteiger partial charge in [-0.15, -0.1) is 0 Å². The molecule has 0 spiro atoms. The molecule has 0 aliphatic heterocycles. The Kier molecular flexibility index (Phi) is 8.93. The van der Waals surface area contributed by atoms with Gasteiger partial charge in [-0.1, -0.05) is 49.8 Å². The van der Waals surface area contributed by atoms with E-state index in [9.17, 15) is 24.3 Å². The highest BCUT2D eigenvalue weighted by atomic mass is 16.5. The van der Waals surface area contributed by atoms with Gasteiger partial charge in [0, 0.05) is 18.3 Å². The summed E-state index contributed by atoms with van der Waals surface area (Å²) in [4.78, 5) is 50.4. The van der Waals surface area contributed by atoms with Gasteiger partial charge in [0.15, 0.2) is 11.8 Å². The third-order valence-corrected chi connectivity index (χ3v) is 11.0. The van der Waals surface area contributed by atoms with Crippen LogP contribution in [0.3, 0.4) is 0 Å². The molecular weight excluding hydrogens is 534 g/mol. The molecule has 0 aromatic heterocycles. The Morgan fingerprint density at radius 3 is 2.50 bits per heavy atom. The van der Waals surface area contributed by atoms with Crippen LogP contribution in [0.1, 0.15) is 96.6 Å². The molecule has 8 nitrogen and oxygen atoms in total. The molecule has 1 aromatic carbocycles. The SMILES string of the molecule is CCOC(=O)[C@@H](NC(=O)CCC(=O)O[C@@H]1CC[C@H]2[C@@H]3CCC4=CC(=O)CC[C@]4(C)[C@H]3CC[C@]12C)[C@H](O)c1ccccc1. The summed E-state index contributed by atoms with van der Waals surface area (Å²) in [5.41, 5.74) is 1.85. The first-order valence-corrected chi connectivity index (χ1v) is 15.7. The zero-order valence-electron chi connectivity index (χ0n) is 25.1. The first kappa shape index (κ1) is 30.5. The maximum atomic E-state index is 13.0. The number of aliphatic hydroxyl groups excluding tert-OH is 1. The average molecular weight is 580 g/mol. The molecule has 2 N–H and O–H groups in total. The van der Waals surface area contributed by atoms with E-state index in [0.717, 1.165) is 44.9 Å². The fourth-order valence-electron chi connectivity index (χ4n) is 8.73. The Labute approximate surface area is 248 Å². The second kappa shape index (κ2) is 12.3. The summed E-state index contributed by atoms with van der Waals surface area (Å²) < 4.78 is 11.1. The standard InChI is InChI=1S/C34H45NO7/c1-4-41-32(40)30(31(39)21-8-6-5-7-9-21)35-28(37)14-15-29(38)42-27-13-12-25-24-11-10-22-20-23(36)16-18-33(22,2)26(24)17-19-34(25,27)3/h5-9,20,24-27,30-31,39H,4,10-19H2,1-3H3,(H,35,37)/t24-,25-,26-,27+,30-,31+,33-,34-/m0/s1. The van der Waals surface area contributed by atoms with E-state index in [0.29, 0.717) is 29.7 Å². The Morgan fingerprint density at radius 2 is 1.76 bits per heavy atom. The molecule has 4 aliphatic carbocycles. The third kappa shape index (κ3) is 5.79. The number of amides is 1. The number of aliphatic hydroxyl groups is 1. The van der Waals surface area contributed by atoms with Crippen molar-refractivity contribution in [1.29, 1.82) is 0 Å². The van der Waals surface area contributed by atoms with Crippen molar-refractivity contribution < 1.29 is 33.8 Å². The summed E-state index contributed by atoms with van der Waals surface area (Å²) in [6, 6.07) is 7.32. The molecule has 0 bridgehead atoms. The minimum Gasteiger partial charge on any atom is -0.464 e. The molecule has 3 saturated carbocycles. The minimum atomic E-state index is -1.28. The lowest BCUT2D eigenvalue weighted by Crippen LogP contribution is -2.51. The van der Waals surface area contributed by atoms with E-state index in [4.69, 9.17) is 9.47 Å². The molecule has 8 atom stereocenters. The molecule has 0 heterocycles. The number of carbonyl (C=O) groups is 4. The molecule has 228 valence electrons. The number of allylic oxidation sites excluding steroid dienone is 1. The quantitative estimate of drug-likeness (QED) is 0.396.